The molecule has 50 heavy (non-hydrogen) atoms. The summed E-state index contributed by atoms with van der Waals surface area (Å²) in [5.41, 5.74) is 5.31. The van der Waals surface area contributed by atoms with Crippen LogP contribution in [0.3, 0.4) is 0 Å². The van der Waals surface area contributed by atoms with Gasteiger partial charge in [0.25, 0.3) is 0 Å². The van der Waals surface area contributed by atoms with E-state index in [1.54, 1.807) is 0 Å². The van der Waals surface area contributed by atoms with Crippen LogP contribution < -0.4 is 5.73 Å². The van der Waals surface area contributed by atoms with Crippen molar-refractivity contribution in [1.29, 1.82) is 0 Å². The van der Waals surface area contributed by atoms with Gasteiger partial charge in [0.2, 0.25) is 0 Å². The highest BCUT2D eigenvalue weighted by atomic mass is 31.2. The number of esters is 2. The number of hydrogen-bond donors (Lipinski definition) is 3. The van der Waals surface area contributed by atoms with Gasteiger partial charge in [-0.15, -0.1) is 0 Å². The molecule has 0 saturated heterocycles. The molecule has 0 aliphatic heterocycles. The van der Waals surface area contributed by atoms with Crippen molar-refractivity contribution < 1.29 is 47.5 Å². The van der Waals surface area contributed by atoms with Crippen molar-refractivity contribution in [3.63, 3.8) is 0 Å². The van der Waals surface area contributed by atoms with Crippen LogP contribution in [0.25, 0.3) is 0 Å². The molecular weight excluding hydrogens is 661 g/mol. The Morgan fingerprint density at radius 1 is 0.640 bits per heavy atom. The van der Waals surface area contributed by atoms with Crippen LogP contribution in [0.4, 0.5) is 0 Å². The fourth-order valence-electron chi connectivity index (χ4n) is 4.59. The van der Waals surface area contributed by atoms with Gasteiger partial charge in [0, 0.05) is 12.8 Å². The summed E-state index contributed by atoms with van der Waals surface area (Å²) < 4.78 is 32.5. The molecule has 0 spiro atoms. The third-order valence-electron chi connectivity index (χ3n) is 7.56. The fourth-order valence-corrected chi connectivity index (χ4v) is 5.37. The number of rotatable bonds is 34. The lowest BCUT2D eigenvalue weighted by molar-refractivity contribution is -0.161. The zero-order valence-corrected chi connectivity index (χ0v) is 31.6. The lowest BCUT2D eigenvalue weighted by atomic mass is 10.1. The van der Waals surface area contributed by atoms with E-state index in [2.05, 4.69) is 67.0 Å². The second-order valence-electron chi connectivity index (χ2n) is 12.3. The average Bonchev–Trinajstić information content (AvgIpc) is 3.09. The van der Waals surface area contributed by atoms with Crippen molar-refractivity contribution in [2.75, 3.05) is 19.8 Å². The Morgan fingerprint density at radius 2 is 1.12 bits per heavy atom. The number of unbranched alkanes of at least 4 members (excludes halogenated alkanes) is 12. The topological polar surface area (TPSA) is 172 Å². The molecular formula is C38H66NO10P. The van der Waals surface area contributed by atoms with Crippen molar-refractivity contribution in [3.05, 3.63) is 48.6 Å². The molecule has 0 rings (SSSR count). The molecule has 0 radical (unpaired) electrons. The molecule has 0 heterocycles. The number of nitrogens with two attached hydrogens (primary N) is 1. The van der Waals surface area contributed by atoms with Gasteiger partial charge in [-0.2, -0.15) is 0 Å². The van der Waals surface area contributed by atoms with Crippen LogP contribution in [0.15, 0.2) is 48.6 Å². The molecule has 1 unspecified atom stereocenters. The van der Waals surface area contributed by atoms with E-state index in [1.807, 2.05) is 0 Å². The highest BCUT2D eigenvalue weighted by Gasteiger charge is 2.28. The monoisotopic (exact) mass is 727 g/mol. The minimum atomic E-state index is -4.72. The summed E-state index contributed by atoms with van der Waals surface area (Å²) in [5.74, 6) is -2.42. The standard InChI is InChI=1S/C38H66NO10P/c1-3-5-7-9-11-13-15-16-17-18-20-22-24-26-28-30-37(41)49-34(32-47-50(44,45)48-33-35(39)38(42)43)31-46-36(40)29-27-25-23-21-19-14-12-10-8-6-4-2/h5,7,10-13,16-17,34-35H,3-4,6,8-9,14-15,18-33,39H2,1-2H3,(H,42,43)(H,44,45)/t34-,35+/m1/s1. The Hall–Kier alpha value is -2.56. The van der Waals surface area contributed by atoms with Crippen LogP contribution in [-0.4, -0.2) is 59.9 Å². The van der Waals surface area contributed by atoms with Crippen molar-refractivity contribution in [1.82, 2.24) is 0 Å². The number of carboxylic acid groups (broad SMARTS) is 1. The van der Waals surface area contributed by atoms with Gasteiger partial charge in [-0.3, -0.25) is 23.4 Å². The molecule has 0 aromatic carbocycles. The second kappa shape index (κ2) is 33.6. The largest absolute Gasteiger partial charge is 0.480 e. The van der Waals surface area contributed by atoms with E-state index in [4.69, 9.17) is 24.8 Å². The summed E-state index contributed by atoms with van der Waals surface area (Å²) >= 11 is 0. The van der Waals surface area contributed by atoms with Crippen LogP contribution >= 0.6 is 7.82 Å². The van der Waals surface area contributed by atoms with Gasteiger partial charge in [0.05, 0.1) is 13.2 Å². The summed E-state index contributed by atoms with van der Waals surface area (Å²) in [6.45, 7) is 2.59. The smallest absolute Gasteiger partial charge is 0.472 e. The second-order valence-corrected chi connectivity index (χ2v) is 13.8. The first-order valence-corrected chi connectivity index (χ1v) is 20.2. The Kier molecular flexibility index (Phi) is 31.9. The van der Waals surface area contributed by atoms with Crippen LogP contribution in [0, 0.1) is 0 Å². The predicted molar refractivity (Wildman–Crippen MR) is 198 cm³/mol. The normalized spacial score (nSPS) is 14.5. The quantitative estimate of drug-likeness (QED) is 0.0250. The minimum absolute atomic E-state index is 0.138. The molecule has 12 heteroatoms. The van der Waals surface area contributed by atoms with E-state index in [1.165, 1.54) is 12.8 Å². The molecule has 0 saturated carbocycles. The van der Waals surface area contributed by atoms with Gasteiger partial charge in [-0.05, 0) is 64.2 Å². The average molecular weight is 728 g/mol. The molecule has 0 fully saturated rings. The van der Waals surface area contributed by atoms with Gasteiger partial charge in [0.15, 0.2) is 6.10 Å². The maximum Gasteiger partial charge on any atom is 0.472 e. The number of carboxylic acids is 1. The van der Waals surface area contributed by atoms with Crippen molar-refractivity contribution in [2.45, 2.75) is 154 Å². The number of phosphoric acid groups is 1. The number of aliphatic carboxylic acids is 1. The molecule has 0 aromatic rings. The minimum Gasteiger partial charge on any atom is -0.480 e. The third-order valence-corrected chi connectivity index (χ3v) is 8.51. The number of ether oxygens (including phenoxy) is 2. The molecule has 288 valence electrons. The first kappa shape index (κ1) is 47.4. The van der Waals surface area contributed by atoms with Gasteiger partial charge < -0.3 is 25.2 Å². The summed E-state index contributed by atoms with van der Waals surface area (Å²) in [4.78, 5) is 45.7. The van der Waals surface area contributed by atoms with E-state index < -0.39 is 51.1 Å². The molecule has 0 aromatic heterocycles. The maximum absolute atomic E-state index is 12.5. The molecule has 0 aliphatic rings. The Bertz CT molecular complexity index is 1040. The maximum atomic E-state index is 12.5. The van der Waals surface area contributed by atoms with Crippen molar-refractivity contribution in [2.24, 2.45) is 5.73 Å². The molecule has 3 atom stereocenters. The van der Waals surface area contributed by atoms with Gasteiger partial charge in [-0.25, -0.2) is 4.57 Å². The number of phosphoric ester groups is 1. The van der Waals surface area contributed by atoms with E-state index in [9.17, 15) is 23.8 Å². The lowest BCUT2D eigenvalue weighted by Crippen LogP contribution is -2.34. The first-order chi connectivity index (χ1) is 24.1. The number of carbonyl (C=O) groups is 3. The zero-order valence-electron chi connectivity index (χ0n) is 30.7. The molecule has 4 N–H and O–H groups in total. The van der Waals surface area contributed by atoms with Crippen molar-refractivity contribution in [3.8, 4) is 0 Å². The fraction of sp³-hybridized carbons (Fsp3) is 0.711. The van der Waals surface area contributed by atoms with E-state index in [-0.39, 0.29) is 19.4 Å². The summed E-state index contributed by atoms with van der Waals surface area (Å²) in [5, 5.41) is 8.85. The Balaban J connectivity index is 4.50. The van der Waals surface area contributed by atoms with Gasteiger partial charge in [-0.1, -0.05) is 114 Å². The zero-order chi connectivity index (χ0) is 37.1. The van der Waals surface area contributed by atoms with Crippen LogP contribution in [0.1, 0.15) is 142 Å². The van der Waals surface area contributed by atoms with Gasteiger partial charge >= 0.3 is 25.7 Å². The lowest BCUT2D eigenvalue weighted by Gasteiger charge is -2.20. The summed E-state index contributed by atoms with van der Waals surface area (Å²) in [6.07, 6.45) is 34.7. The van der Waals surface area contributed by atoms with E-state index in [0.29, 0.717) is 12.8 Å². The number of hydrogen-bond acceptors (Lipinski definition) is 9. The summed E-state index contributed by atoms with van der Waals surface area (Å²) in [7, 11) is -4.72. The molecule has 0 aliphatic carbocycles. The van der Waals surface area contributed by atoms with Gasteiger partial charge in [0.1, 0.15) is 12.6 Å². The van der Waals surface area contributed by atoms with Crippen molar-refractivity contribution >= 4 is 25.7 Å². The third kappa shape index (κ3) is 32.6. The number of carbonyl (C=O) groups excluding carboxylic acids is 2. The van der Waals surface area contributed by atoms with E-state index >= 15 is 0 Å². The Morgan fingerprint density at radius 3 is 1.70 bits per heavy atom. The van der Waals surface area contributed by atoms with Crippen LogP contribution in [0.5, 0.6) is 0 Å². The molecule has 0 bridgehead atoms. The molecule has 11 nitrogen and oxygen atoms in total. The SMILES string of the molecule is CCC=CCC=CCC=CCCCCCCCC(=O)O[C@H](COC(=O)CCCCCCCC=CCCCC)COP(=O)(O)OC[C@H](N)C(=O)O. The Labute approximate surface area is 301 Å². The molecule has 0 amide bonds. The number of allylic oxidation sites excluding steroid dienone is 8. The highest BCUT2D eigenvalue weighted by molar-refractivity contribution is 7.47. The highest BCUT2D eigenvalue weighted by Crippen LogP contribution is 2.43. The van der Waals surface area contributed by atoms with Crippen LogP contribution in [0.2, 0.25) is 0 Å². The van der Waals surface area contributed by atoms with Crippen LogP contribution in [-0.2, 0) is 37.5 Å². The predicted octanol–water partition coefficient (Wildman–Crippen LogP) is 9.05. The van der Waals surface area contributed by atoms with E-state index in [0.717, 1.165) is 89.9 Å². The summed E-state index contributed by atoms with van der Waals surface area (Å²) in [6, 6.07) is -1.53. The first-order valence-electron chi connectivity index (χ1n) is 18.7.